The molecule has 0 bridgehead atoms. The summed E-state index contributed by atoms with van der Waals surface area (Å²) in [5, 5.41) is 0. The highest BCUT2D eigenvalue weighted by molar-refractivity contribution is 5.71. The quantitative estimate of drug-likeness (QED) is 0.0199. The summed E-state index contributed by atoms with van der Waals surface area (Å²) in [4.78, 5) is 37.9. The molecule has 0 amide bonds. The van der Waals surface area contributed by atoms with E-state index >= 15 is 0 Å². The minimum absolute atomic E-state index is 0.146. The van der Waals surface area contributed by atoms with E-state index in [4.69, 9.17) is 14.2 Å². The maximum atomic E-state index is 12.8. The van der Waals surface area contributed by atoms with Crippen LogP contribution in [0.3, 0.4) is 0 Å². The van der Waals surface area contributed by atoms with Crippen LogP contribution in [-0.2, 0) is 28.6 Å². The molecule has 0 aromatic carbocycles. The standard InChI is InChI=1S/C60H96O6/c1-4-7-10-13-16-19-22-25-27-29-30-31-33-35-38-41-44-47-50-53-59(62)65-56-57(55-64-58(61)52-49-46-43-40-37-34-24-21-18-15-12-9-6-3)66-60(63)54-51-48-45-42-39-36-32-28-26-23-20-17-14-11-8-5-2/h7,10,16,19,25,27-28,30-32,34-39,43-44,46-47,57H,4-6,8-9,11-15,17-18,20-24,26,29,33,40-42,45,48-56H2,1-3H3/b10-7-,19-16-,27-25-,31-30-,32-28-,37-34-,38-35-,39-36-,46-43-,47-44-. The summed E-state index contributed by atoms with van der Waals surface area (Å²) in [6.45, 7) is 6.35. The molecule has 1 unspecified atom stereocenters. The summed E-state index contributed by atoms with van der Waals surface area (Å²) in [6, 6.07) is 0. The second-order valence-corrected chi connectivity index (χ2v) is 17.1. The van der Waals surface area contributed by atoms with Gasteiger partial charge in [0.15, 0.2) is 6.10 Å². The molecule has 0 aromatic rings. The molecule has 0 heterocycles. The van der Waals surface area contributed by atoms with Gasteiger partial charge in [-0.15, -0.1) is 0 Å². The third-order valence-electron chi connectivity index (χ3n) is 10.7. The van der Waals surface area contributed by atoms with E-state index < -0.39 is 6.10 Å². The van der Waals surface area contributed by atoms with Gasteiger partial charge in [-0.25, -0.2) is 0 Å². The van der Waals surface area contributed by atoms with Crippen LogP contribution in [0.15, 0.2) is 122 Å². The van der Waals surface area contributed by atoms with Gasteiger partial charge in [0, 0.05) is 19.3 Å². The van der Waals surface area contributed by atoms with Crippen molar-refractivity contribution >= 4 is 17.9 Å². The van der Waals surface area contributed by atoms with E-state index in [0.717, 1.165) is 77.0 Å². The lowest BCUT2D eigenvalue weighted by molar-refractivity contribution is -0.166. The van der Waals surface area contributed by atoms with Crippen molar-refractivity contribution in [2.24, 2.45) is 0 Å². The van der Waals surface area contributed by atoms with E-state index in [2.05, 4.69) is 124 Å². The summed E-state index contributed by atoms with van der Waals surface area (Å²) in [7, 11) is 0. The Kier molecular flexibility index (Phi) is 50.0. The highest BCUT2D eigenvalue weighted by Gasteiger charge is 2.19. The van der Waals surface area contributed by atoms with E-state index in [1.54, 1.807) is 0 Å². The Bertz CT molecular complexity index is 1420. The normalized spacial score (nSPS) is 13.1. The fraction of sp³-hybridized carbons (Fsp3) is 0.617. The maximum absolute atomic E-state index is 12.8. The molecule has 6 heteroatoms. The summed E-state index contributed by atoms with van der Waals surface area (Å²) >= 11 is 0. The fourth-order valence-corrected chi connectivity index (χ4v) is 6.75. The Hall–Kier alpha value is -4.19. The van der Waals surface area contributed by atoms with Gasteiger partial charge in [0.1, 0.15) is 13.2 Å². The van der Waals surface area contributed by atoms with E-state index in [9.17, 15) is 14.4 Å². The van der Waals surface area contributed by atoms with Crippen LogP contribution in [0.5, 0.6) is 0 Å². The van der Waals surface area contributed by atoms with E-state index in [1.165, 1.54) is 83.5 Å². The predicted octanol–water partition coefficient (Wildman–Crippen LogP) is 17.7. The van der Waals surface area contributed by atoms with Crippen molar-refractivity contribution in [2.45, 2.75) is 226 Å². The second-order valence-electron chi connectivity index (χ2n) is 17.1. The molecule has 0 radical (unpaired) electrons. The van der Waals surface area contributed by atoms with E-state index in [0.29, 0.717) is 19.3 Å². The zero-order valence-corrected chi connectivity index (χ0v) is 42.4. The van der Waals surface area contributed by atoms with Crippen LogP contribution in [0.25, 0.3) is 0 Å². The number of esters is 3. The number of ether oxygens (including phenoxy) is 3. The average molecular weight is 913 g/mol. The van der Waals surface area contributed by atoms with E-state index in [-0.39, 0.29) is 50.4 Å². The maximum Gasteiger partial charge on any atom is 0.306 e. The third-order valence-corrected chi connectivity index (χ3v) is 10.7. The first kappa shape index (κ1) is 61.8. The highest BCUT2D eigenvalue weighted by atomic mass is 16.6. The second kappa shape index (κ2) is 53.4. The Morgan fingerprint density at radius 3 is 1.08 bits per heavy atom. The smallest absolute Gasteiger partial charge is 0.306 e. The van der Waals surface area contributed by atoms with Crippen molar-refractivity contribution in [3.63, 3.8) is 0 Å². The molecule has 0 aromatic heterocycles. The van der Waals surface area contributed by atoms with Gasteiger partial charge in [-0.1, -0.05) is 219 Å². The minimum Gasteiger partial charge on any atom is -0.462 e. The van der Waals surface area contributed by atoms with Crippen molar-refractivity contribution < 1.29 is 28.6 Å². The van der Waals surface area contributed by atoms with Crippen LogP contribution in [0.1, 0.15) is 220 Å². The largest absolute Gasteiger partial charge is 0.462 e. The third kappa shape index (κ3) is 50.8. The first-order valence-electron chi connectivity index (χ1n) is 26.6. The number of carbonyl (C=O) groups excluding carboxylic acids is 3. The molecule has 0 aliphatic heterocycles. The zero-order valence-electron chi connectivity index (χ0n) is 42.4. The van der Waals surface area contributed by atoms with Crippen LogP contribution in [0, 0.1) is 0 Å². The number of hydrogen-bond donors (Lipinski definition) is 0. The molecule has 372 valence electrons. The minimum atomic E-state index is -0.848. The van der Waals surface area contributed by atoms with Crippen LogP contribution in [-0.4, -0.2) is 37.2 Å². The molecule has 0 N–H and O–H groups in total. The van der Waals surface area contributed by atoms with Crippen molar-refractivity contribution in [1.82, 2.24) is 0 Å². The first-order chi connectivity index (χ1) is 32.5. The van der Waals surface area contributed by atoms with Gasteiger partial charge in [-0.2, -0.15) is 0 Å². The lowest BCUT2D eigenvalue weighted by atomic mass is 10.1. The molecule has 0 aliphatic rings. The lowest BCUT2D eigenvalue weighted by Gasteiger charge is -2.18. The summed E-state index contributed by atoms with van der Waals surface area (Å²) in [5.74, 6) is -1.13. The van der Waals surface area contributed by atoms with Crippen molar-refractivity contribution in [1.29, 1.82) is 0 Å². The monoisotopic (exact) mass is 913 g/mol. The highest BCUT2D eigenvalue weighted by Crippen LogP contribution is 2.11. The van der Waals surface area contributed by atoms with Crippen molar-refractivity contribution in [2.75, 3.05) is 13.2 Å². The summed E-state index contributed by atoms with van der Waals surface area (Å²) < 4.78 is 16.6. The molecule has 66 heavy (non-hydrogen) atoms. The molecule has 0 aliphatic carbocycles. The molecule has 0 rings (SSSR count). The van der Waals surface area contributed by atoms with Gasteiger partial charge in [0.05, 0.1) is 0 Å². The number of carbonyl (C=O) groups is 3. The Morgan fingerprint density at radius 2 is 0.667 bits per heavy atom. The Labute approximate surface area is 405 Å². The van der Waals surface area contributed by atoms with Crippen molar-refractivity contribution in [3.8, 4) is 0 Å². The topological polar surface area (TPSA) is 78.9 Å². The van der Waals surface area contributed by atoms with Crippen LogP contribution in [0.2, 0.25) is 0 Å². The first-order valence-corrected chi connectivity index (χ1v) is 26.6. The molecule has 1 atom stereocenters. The van der Waals surface area contributed by atoms with Crippen molar-refractivity contribution in [3.05, 3.63) is 122 Å². The number of allylic oxidation sites excluding steroid dienone is 20. The van der Waals surface area contributed by atoms with Gasteiger partial charge in [0.25, 0.3) is 0 Å². The Balaban J connectivity index is 4.62. The SMILES string of the molecule is CC/C=C\C/C=C\C/C=C\C/C=C\C/C=C\C/C=C\CCC(=O)OCC(COC(=O)CC/C=C\C/C=C\CCCCCCCC)OC(=O)CCCCC/C=C\C=C/CCCCCCCCC. The van der Waals surface area contributed by atoms with Crippen LogP contribution < -0.4 is 0 Å². The number of unbranched alkanes of at least 4 members (excludes halogenated alkanes) is 16. The molecular weight excluding hydrogens is 817 g/mol. The van der Waals surface area contributed by atoms with Gasteiger partial charge < -0.3 is 14.2 Å². The van der Waals surface area contributed by atoms with Gasteiger partial charge >= 0.3 is 17.9 Å². The molecular formula is C60H96O6. The zero-order chi connectivity index (χ0) is 47.9. The van der Waals surface area contributed by atoms with E-state index in [1.807, 2.05) is 18.2 Å². The predicted molar refractivity (Wildman–Crippen MR) is 283 cm³/mol. The Morgan fingerprint density at radius 1 is 0.333 bits per heavy atom. The lowest BCUT2D eigenvalue weighted by Crippen LogP contribution is -2.30. The fourth-order valence-electron chi connectivity index (χ4n) is 6.75. The number of hydrogen-bond acceptors (Lipinski definition) is 6. The van der Waals surface area contributed by atoms with Crippen LogP contribution >= 0.6 is 0 Å². The van der Waals surface area contributed by atoms with Crippen LogP contribution in [0.4, 0.5) is 0 Å². The number of rotatable bonds is 46. The molecule has 0 saturated carbocycles. The summed E-state index contributed by atoms with van der Waals surface area (Å²) in [6.07, 6.45) is 73.5. The molecule has 0 fully saturated rings. The molecule has 0 saturated heterocycles. The van der Waals surface area contributed by atoms with Gasteiger partial charge in [0.2, 0.25) is 0 Å². The van der Waals surface area contributed by atoms with Gasteiger partial charge in [-0.05, 0) is 103 Å². The summed E-state index contributed by atoms with van der Waals surface area (Å²) in [5.41, 5.74) is 0. The molecule has 6 nitrogen and oxygen atoms in total. The molecule has 0 spiro atoms. The van der Waals surface area contributed by atoms with Gasteiger partial charge in [-0.3, -0.25) is 14.4 Å². The average Bonchev–Trinajstić information content (AvgIpc) is 3.31.